The molecule has 2 heterocycles. The van der Waals surface area contributed by atoms with Crippen molar-refractivity contribution in [1.82, 2.24) is 19.7 Å². The van der Waals surface area contributed by atoms with Gasteiger partial charge in [0.2, 0.25) is 0 Å². The maximum absolute atomic E-state index is 12.9. The van der Waals surface area contributed by atoms with Crippen LogP contribution in [0.1, 0.15) is 43.3 Å². The molecule has 3 rings (SSSR count). The van der Waals surface area contributed by atoms with Gasteiger partial charge >= 0.3 is 0 Å². The second-order valence-electron chi connectivity index (χ2n) is 5.45. The second kappa shape index (κ2) is 4.95. The van der Waals surface area contributed by atoms with Crippen LogP contribution in [0.3, 0.4) is 0 Å². The standard InChI is InChI=1S/C15H16F2N4/c1-8(2)15-19-12(14(16)17)7-21(15)11-4-9(3)13-10(5-11)6-18-20-13/h4-8,14H,1-3H3,(H,18,20). The number of nitrogens with one attached hydrogen (secondary N) is 1. The van der Waals surface area contributed by atoms with Gasteiger partial charge in [-0.3, -0.25) is 5.10 Å². The Hall–Kier alpha value is -2.24. The molecular formula is C15H16F2N4. The smallest absolute Gasteiger partial charge is 0.281 e. The zero-order valence-corrected chi connectivity index (χ0v) is 12.1. The van der Waals surface area contributed by atoms with E-state index in [-0.39, 0.29) is 11.6 Å². The fourth-order valence-electron chi connectivity index (χ4n) is 2.49. The van der Waals surface area contributed by atoms with Crippen molar-refractivity contribution < 1.29 is 8.78 Å². The van der Waals surface area contributed by atoms with E-state index < -0.39 is 6.43 Å². The number of fused-ring (bicyclic) bond motifs is 1. The van der Waals surface area contributed by atoms with Crippen LogP contribution in [-0.4, -0.2) is 19.7 Å². The topological polar surface area (TPSA) is 46.5 Å². The summed E-state index contributed by atoms with van der Waals surface area (Å²) in [5.74, 6) is 0.686. The van der Waals surface area contributed by atoms with Crippen LogP contribution in [0.25, 0.3) is 16.6 Å². The van der Waals surface area contributed by atoms with Gasteiger partial charge in [0.15, 0.2) is 0 Å². The zero-order chi connectivity index (χ0) is 15.1. The summed E-state index contributed by atoms with van der Waals surface area (Å²) in [6, 6.07) is 3.87. The normalized spacial score (nSPS) is 12.0. The fraction of sp³-hybridized carbons (Fsp3) is 0.333. The number of rotatable bonds is 3. The predicted octanol–water partition coefficient (Wildman–Crippen LogP) is 4.12. The first kappa shape index (κ1) is 13.7. The van der Waals surface area contributed by atoms with Crippen molar-refractivity contribution >= 4 is 10.9 Å². The zero-order valence-electron chi connectivity index (χ0n) is 12.1. The number of alkyl halides is 2. The van der Waals surface area contributed by atoms with Gasteiger partial charge in [-0.2, -0.15) is 5.10 Å². The average molecular weight is 290 g/mol. The van der Waals surface area contributed by atoms with Crippen molar-refractivity contribution in [2.24, 2.45) is 0 Å². The molecule has 0 saturated carbocycles. The number of nitrogens with zero attached hydrogens (tertiary/aromatic N) is 3. The maximum atomic E-state index is 12.9. The fourth-order valence-corrected chi connectivity index (χ4v) is 2.49. The number of aromatic amines is 1. The molecule has 0 radical (unpaired) electrons. The predicted molar refractivity (Wildman–Crippen MR) is 77.0 cm³/mol. The van der Waals surface area contributed by atoms with Crippen molar-refractivity contribution in [3.8, 4) is 5.69 Å². The van der Waals surface area contributed by atoms with E-state index in [0.29, 0.717) is 5.82 Å². The van der Waals surface area contributed by atoms with E-state index in [1.54, 1.807) is 10.8 Å². The SMILES string of the molecule is Cc1cc(-n2cc(C(F)F)nc2C(C)C)cc2cn[nH]c12. The summed E-state index contributed by atoms with van der Waals surface area (Å²) in [5, 5.41) is 7.90. The Bertz CT molecular complexity index is 786. The number of imidazole rings is 1. The van der Waals surface area contributed by atoms with Crippen LogP contribution < -0.4 is 0 Å². The Morgan fingerprint density at radius 3 is 2.67 bits per heavy atom. The lowest BCUT2D eigenvalue weighted by atomic mass is 10.1. The highest BCUT2D eigenvalue weighted by molar-refractivity contribution is 5.83. The molecule has 6 heteroatoms. The first-order valence-corrected chi connectivity index (χ1v) is 6.78. The highest BCUT2D eigenvalue weighted by Gasteiger charge is 2.18. The minimum Gasteiger partial charge on any atom is -0.303 e. The lowest BCUT2D eigenvalue weighted by Crippen LogP contribution is -2.02. The van der Waals surface area contributed by atoms with Crippen LogP contribution in [0.4, 0.5) is 8.78 Å². The van der Waals surface area contributed by atoms with Crippen molar-refractivity contribution in [2.75, 3.05) is 0 Å². The molecule has 2 aromatic heterocycles. The summed E-state index contributed by atoms with van der Waals surface area (Å²) < 4.78 is 27.6. The monoisotopic (exact) mass is 290 g/mol. The molecule has 1 aromatic carbocycles. The minimum absolute atomic E-state index is 0.0536. The molecule has 0 fully saturated rings. The van der Waals surface area contributed by atoms with Crippen molar-refractivity contribution in [3.63, 3.8) is 0 Å². The number of aryl methyl sites for hydroxylation is 1. The Morgan fingerprint density at radius 2 is 2.00 bits per heavy atom. The molecule has 0 aliphatic rings. The van der Waals surface area contributed by atoms with Gasteiger partial charge in [-0.25, -0.2) is 13.8 Å². The molecule has 1 N–H and O–H groups in total. The highest BCUT2D eigenvalue weighted by Crippen LogP contribution is 2.27. The quantitative estimate of drug-likeness (QED) is 0.788. The van der Waals surface area contributed by atoms with Crippen molar-refractivity contribution in [2.45, 2.75) is 33.1 Å². The van der Waals surface area contributed by atoms with Gasteiger partial charge in [-0.1, -0.05) is 13.8 Å². The van der Waals surface area contributed by atoms with E-state index in [9.17, 15) is 8.78 Å². The highest BCUT2D eigenvalue weighted by atomic mass is 19.3. The Morgan fingerprint density at radius 1 is 1.24 bits per heavy atom. The lowest BCUT2D eigenvalue weighted by molar-refractivity contribution is 0.146. The first-order valence-electron chi connectivity index (χ1n) is 6.78. The van der Waals surface area contributed by atoms with Gasteiger partial charge in [0.05, 0.1) is 11.7 Å². The first-order chi connectivity index (χ1) is 9.97. The summed E-state index contributed by atoms with van der Waals surface area (Å²) in [5.41, 5.74) is 2.61. The van der Waals surface area contributed by atoms with E-state index in [2.05, 4.69) is 15.2 Å². The number of hydrogen-bond acceptors (Lipinski definition) is 2. The van der Waals surface area contributed by atoms with E-state index in [1.165, 1.54) is 6.20 Å². The van der Waals surface area contributed by atoms with Crippen LogP contribution in [0, 0.1) is 6.92 Å². The third-order valence-corrected chi connectivity index (χ3v) is 3.50. The molecule has 110 valence electrons. The van der Waals surface area contributed by atoms with Gasteiger partial charge in [0.1, 0.15) is 11.5 Å². The Kier molecular flexibility index (Phi) is 3.23. The Balaban J connectivity index is 2.21. The summed E-state index contributed by atoms with van der Waals surface area (Å²) >= 11 is 0. The van der Waals surface area contributed by atoms with Gasteiger partial charge in [-0.05, 0) is 24.6 Å². The molecule has 0 aliphatic heterocycles. The Labute approximate surface area is 120 Å². The van der Waals surface area contributed by atoms with Crippen LogP contribution in [0.5, 0.6) is 0 Å². The van der Waals surface area contributed by atoms with Crippen LogP contribution in [0.2, 0.25) is 0 Å². The second-order valence-corrected chi connectivity index (χ2v) is 5.45. The average Bonchev–Trinajstić information content (AvgIpc) is 3.05. The molecule has 0 atom stereocenters. The number of H-pyrrole nitrogens is 1. The summed E-state index contributed by atoms with van der Waals surface area (Å²) in [4.78, 5) is 4.07. The van der Waals surface area contributed by atoms with Gasteiger partial charge in [0, 0.05) is 23.2 Å². The van der Waals surface area contributed by atoms with E-state index in [0.717, 1.165) is 22.2 Å². The summed E-state index contributed by atoms with van der Waals surface area (Å²) in [6.07, 6.45) is 0.578. The lowest BCUT2D eigenvalue weighted by Gasteiger charge is -2.11. The summed E-state index contributed by atoms with van der Waals surface area (Å²) in [7, 11) is 0. The molecule has 0 aliphatic carbocycles. The number of hydrogen-bond donors (Lipinski definition) is 1. The molecule has 3 aromatic rings. The third-order valence-electron chi connectivity index (χ3n) is 3.50. The molecule has 0 amide bonds. The van der Waals surface area contributed by atoms with Gasteiger partial charge in [0.25, 0.3) is 6.43 Å². The van der Waals surface area contributed by atoms with Gasteiger partial charge in [-0.15, -0.1) is 0 Å². The molecule has 0 saturated heterocycles. The van der Waals surface area contributed by atoms with E-state index >= 15 is 0 Å². The summed E-state index contributed by atoms with van der Waals surface area (Å²) in [6.45, 7) is 5.85. The van der Waals surface area contributed by atoms with E-state index in [1.807, 2.05) is 32.9 Å². The van der Waals surface area contributed by atoms with E-state index in [4.69, 9.17) is 0 Å². The molecule has 0 bridgehead atoms. The molecule has 21 heavy (non-hydrogen) atoms. The van der Waals surface area contributed by atoms with Crippen LogP contribution >= 0.6 is 0 Å². The molecular weight excluding hydrogens is 274 g/mol. The van der Waals surface area contributed by atoms with Crippen LogP contribution in [-0.2, 0) is 0 Å². The maximum Gasteiger partial charge on any atom is 0.281 e. The molecule has 0 unspecified atom stereocenters. The minimum atomic E-state index is -2.57. The molecule has 4 nitrogen and oxygen atoms in total. The van der Waals surface area contributed by atoms with Crippen LogP contribution in [0.15, 0.2) is 24.5 Å². The van der Waals surface area contributed by atoms with Crippen molar-refractivity contribution in [1.29, 1.82) is 0 Å². The molecule has 0 spiro atoms. The van der Waals surface area contributed by atoms with Crippen molar-refractivity contribution in [3.05, 3.63) is 41.6 Å². The number of aromatic nitrogens is 4. The number of halogens is 2. The largest absolute Gasteiger partial charge is 0.303 e. The van der Waals surface area contributed by atoms with Gasteiger partial charge < -0.3 is 4.57 Å². The third kappa shape index (κ3) is 2.30. The number of benzene rings is 1.